The maximum atomic E-state index is 11.2. The molecule has 2 rings (SSSR count). The highest BCUT2D eigenvalue weighted by atomic mass is 16.6. The van der Waals surface area contributed by atoms with Crippen LogP contribution in [0.5, 0.6) is 0 Å². The van der Waals surface area contributed by atoms with Crippen LogP contribution in [-0.4, -0.2) is 22.6 Å². The molecule has 1 aliphatic rings. The number of cyclic esters (lactones) is 1. The van der Waals surface area contributed by atoms with Crippen molar-refractivity contribution in [3.05, 3.63) is 35.9 Å². The number of carbonyl (C=O) groups is 2. The number of ether oxygens (including phenoxy) is 1. The standard InChI is InChI=1S/C12H12O4/c13-10-6-7-12(16-10,11(14)15)8-9-4-2-1-3-5-9/h1-5H,6-8H2,(H,14,15)/t12-/m0/s1. The molecule has 0 aliphatic carbocycles. The van der Waals surface area contributed by atoms with E-state index in [2.05, 4.69) is 0 Å². The average molecular weight is 220 g/mol. The minimum atomic E-state index is -1.36. The summed E-state index contributed by atoms with van der Waals surface area (Å²) in [6.45, 7) is 0. The minimum absolute atomic E-state index is 0.180. The first-order chi connectivity index (χ1) is 7.62. The van der Waals surface area contributed by atoms with Gasteiger partial charge in [-0.1, -0.05) is 30.3 Å². The normalized spacial score (nSPS) is 24.1. The molecule has 16 heavy (non-hydrogen) atoms. The molecule has 0 saturated carbocycles. The molecular weight excluding hydrogens is 208 g/mol. The van der Waals surface area contributed by atoms with Gasteiger partial charge in [-0.2, -0.15) is 0 Å². The summed E-state index contributed by atoms with van der Waals surface area (Å²) in [6, 6.07) is 9.19. The van der Waals surface area contributed by atoms with Gasteiger partial charge in [0.05, 0.1) is 0 Å². The Morgan fingerprint density at radius 3 is 2.56 bits per heavy atom. The number of rotatable bonds is 3. The third kappa shape index (κ3) is 1.91. The van der Waals surface area contributed by atoms with Crippen LogP contribution in [0.4, 0.5) is 0 Å². The van der Waals surface area contributed by atoms with E-state index in [0.29, 0.717) is 0 Å². The number of carboxylic acid groups (broad SMARTS) is 1. The van der Waals surface area contributed by atoms with Crippen LogP contribution in [-0.2, 0) is 20.7 Å². The summed E-state index contributed by atoms with van der Waals surface area (Å²) < 4.78 is 4.98. The van der Waals surface area contributed by atoms with Crippen molar-refractivity contribution in [1.82, 2.24) is 0 Å². The third-order valence-electron chi connectivity index (χ3n) is 2.76. The molecule has 1 aromatic rings. The van der Waals surface area contributed by atoms with Gasteiger partial charge in [0.25, 0.3) is 0 Å². The van der Waals surface area contributed by atoms with Crippen molar-refractivity contribution >= 4 is 11.9 Å². The quantitative estimate of drug-likeness (QED) is 0.782. The van der Waals surface area contributed by atoms with Crippen molar-refractivity contribution < 1.29 is 19.4 Å². The van der Waals surface area contributed by atoms with Crippen molar-refractivity contribution in [3.63, 3.8) is 0 Å². The fraction of sp³-hybridized carbons (Fsp3) is 0.333. The van der Waals surface area contributed by atoms with E-state index in [1.165, 1.54) is 0 Å². The van der Waals surface area contributed by atoms with Gasteiger partial charge in [0.15, 0.2) is 0 Å². The van der Waals surface area contributed by atoms with Gasteiger partial charge in [0.1, 0.15) is 0 Å². The number of benzene rings is 1. The van der Waals surface area contributed by atoms with E-state index < -0.39 is 17.5 Å². The predicted molar refractivity (Wildman–Crippen MR) is 55.8 cm³/mol. The Hall–Kier alpha value is -1.84. The van der Waals surface area contributed by atoms with Crippen LogP contribution in [0.15, 0.2) is 30.3 Å². The van der Waals surface area contributed by atoms with Crippen molar-refractivity contribution in [2.45, 2.75) is 24.9 Å². The van der Waals surface area contributed by atoms with E-state index in [4.69, 9.17) is 9.84 Å². The second-order valence-corrected chi connectivity index (χ2v) is 3.94. The van der Waals surface area contributed by atoms with E-state index in [1.807, 2.05) is 30.3 Å². The summed E-state index contributed by atoms with van der Waals surface area (Å²) in [7, 11) is 0. The van der Waals surface area contributed by atoms with Gasteiger partial charge in [-0.25, -0.2) is 4.79 Å². The van der Waals surface area contributed by atoms with Gasteiger partial charge in [-0.05, 0) is 5.56 Å². The Bertz CT molecular complexity index is 412. The molecule has 0 spiro atoms. The summed E-state index contributed by atoms with van der Waals surface area (Å²) in [6.07, 6.45) is 0.657. The second kappa shape index (κ2) is 3.96. The van der Waals surface area contributed by atoms with Gasteiger partial charge in [-0.3, -0.25) is 4.79 Å². The molecule has 1 aromatic carbocycles. The lowest BCUT2D eigenvalue weighted by atomic mass is 9.92. The molecule has 1 heterocycles. The molecule has 1 aliphatic heterocycles. The molecule has 84 valence electrons. The first-order valence-electron chi connectivity index (χ1n) is 5.12. The Morgan fingerprint density at radius 1 is 1.38 bits per heavy atom. The van der Waals surface area contributed by atoms with E-state index >= 15 is 0 Å². The number of hydrogen-bond acceptors (Lipinski definition) is 3. The van der Waals surface area contributed by atoms with Crippen molar-refractivity contribution in [1.29, 1.82) is 0 Å². The molecule has 0 bridgehead atoms. The Labute approximate surface area is 92.8 Å². The topological polar surface area (TPSA) is 63.6 Å². The molecule has 0 aromatic heterocycles. The largest absolute Gasteiger partial charge is 0.478 e. The van der Waals surface area contributed by atoms with E-state index in [-0.39, 0.29) is 19.3 Å². The Morgan fingerprint density at radius 2 is 2.06 bits per heavy atom. The Kier molecular flexibility index (Phi) is 2.64. The van der Waals surface area contributed by atoms with Gasteiger partial charge >= 0.3 is 11.9 Å². The lowest BCUT2D eigenvalue weighted by Crippen LogP contribution is -2.40. The summed E-state index contributed by atoms with van der Waals surface area (Å²) in [4.78, 5) is 22.3. The zero-order valence-electron chi connectivity index (χ0n) is 8.68. The molecule has 0 amide bonds. The molecular formula is C12H12O4. The third-order valence-corrected chi connectivity index (χ3v) is 2.76. The zero-order chi connectivity index (χ0) is 11.6. The van der Waals surface area contributed by atoms with Crippen LogP contribution in [0, 0.1) is 0 Å². The zero-order valence-corrected chi connectivity index (χ0v) is 8.68. The number of carboxylic acids is 1. The summed E-state index contributed by atoms with van der Waals surface area (Å²) >= 11 is 0. The van der Waals surface area contributed by atoms with Gasteiger partial charge in [0, 0.05) is 19.3 Å². The highest BCUT2D eigenvalue weighted by Gasteiger charge is 2.47. The molecule has 4 nitrogen and oxygen atoms in total. The number of esters is 1. The maximum absolute atomic E-state index is 11.2. The van der Waals surface area contributed by atoms with Crippen molar-refractivity contribution in [2.24, 2.45) is 0 Å². The molecule has 1 saturated heterocycles. The maximum Gasteiger partial charge on any atom is 0.348 e. The van der Waals surface area contributed by atoms with E-state index in [9.17, 15) is 9.59 Å². The molecule has 0 unspecified atom stereocenters. The monoisotopic (exact) mass is 220 g/mol. The lowest BCUT2D eigenvalue weighted by Gasteiger charge is -2.22. The molecule has 0 radical (unpaired) electrons. The van der Waals surface area contributed by atoms with E-state index in [0.717, 1.165) is 5.56 Å². The average Bonchev–Trinajstić information content (AvgIpc) is 2.63. The fourth-order valence-corrected chi connectivity index (χ4v) is 1.90. The number of aliphatic carboxylic acids is 1. The highest BCUT2D eigenvalue weighted by Crippen LogP contribution is 2.30. The first kappa shape index (κ1) is 10.7. The molecule has 1 atom stereocenters. The second-order valence-electron chi connectivity index (χ2n) is 3.94. The molecule has 4 heteroatoms. The highest BCUT2D eigenvalue weighted by molar-refractivity contribution is 5.85. The molecule has 1 N–H and O–H groups in total. The van der Waals surface area contributed by atoms with Crippen LogP contribution in [0.1, 0.15) is 18.4 Å². The summed E-state index contributed by atoms with van der Waals surface area (Å²) in [5.41, 5.74) is -0.502. The van der Waals surface area contributed by atoms with Gasteiger partial charge < -0.3 is 9.84 Å². The minimum Gasteiger partial charge on any atom is -0.478 e. The Balaban J connectivity index is 2.22. The van der Waals surface area contributed by atoms with Crippen LogP contribution in [0.25, 0.3) is 0 Å². The number of hydrogen-bond donors (Lipinski definition) is 1. The number of carbonyl (C=O) groups excluding carboxylic acids is 1. The summed E-state index contributed by atoms with van der Waals surface area (Å²) in [5, 5.41) is 9.17. The van der Waals surface area contributed by atoms with E-state index in [1.54, 1.807) is 0 Å². The van der Waals surface area contributed by atoms with Gasteiger partial charge in [0.2, 0.25) is 5.60 Å². The van der Waals surface area contributed by atoms with Crippen LogP contribution >= 0.6 is 0 Å². The van der Waals surface area contributed by atoms with Gasteiger partial charge in [-0.15, -0.1) is 0 Å². The molecule has 1 fully saturated rings. The summed E-state index contributed by atoms with van der Waals surface area (Å²) in [5.74, 6) is -1.50. The smallest absolute Gasteiger partial charge is 0.348 e. The van der Waals surface area contributed by atoms with Crippen molar-refractivity contribution in [3.8, 4) is 0 Å². The lowest BCUT2D eigenvalue weighted by molar-refractivity contribution is -0.169. The SMILES string of the molecule is O=C1CC[C@](Cc2ccccc2)(C(=O)O)O1. The van der Waals surface area contributed by atoms with Crippen LogP contribution < -0.4 is 0 Å². The fourth-order valence-electron chi connectivity index (χ4n) is 1.90. The van der Waals surface area contributed by atoms with Crippen LogP contribution in [0.3, 0.4) is 0 Å². The first-order valence-corrected chi connectivity index (χ1v) is 5.12. The van der Waals surface area contributed by atoms with Crippen molar-refractivity contribution in [2.75, 3.05) is 0 Å². The predicted octanol–water partition coefficient (Wildman–Crippen LogP) is 1.39. The van der Waals surface area contributed by atoms with Crippen LogP contribution in [0.2, 0.25) is 0 Å².